The van der Waals surface area contributed by atoms with Gasteiger partial charge >= 0.3 is 0 Å². The van der Waals surface area contributed by atoms with Crippen LogP contribution in [0.1, 0.15) is 11.9 Å². The minimum absolute atomic E-state index is 0.00639. The molecule has 0 saturated heterocycles. The lowest BCUT2D eigenvalue weighted by Crippen LogP contribution is -2.09. The second-order valence-electron chi connectivity index (χ2n) is 6.65. The first-order valence-electron chi connectivity index (χ1n) is 9.42. The van der Waals surface area contributed by atoms with Crippen molar-refractivity contribution in [3.8, 4) is 6.07 Å². The number of benzene rings is 2. The van der Waals surface area contributed by atoms with Gasteiger partial charge in [0.2, 0.25) is 0 Å². The molecule has 0 radical (unpaired) electrons. The molecule has 2 aromatic heterocycles. The summed E-state index contributed by atoms with van der Waals surface area (Å²) in [5, 5.41) is 21.6. The molecule has 30 heavy (non-hydrogen) atoms. The third-order valence-corrected chi connectivity index (χ3v) is 6.83. The van der Waals surface area contributed by atoms with Gasteiger partial charge in [-0.05, 0) is 31.2 Å². The monoisotopic (exact) mass is 436 g/mol. The standard InChI is InChI=1S/C22H20N4O2S2/c1-14(20(27)15(13-23)21-24-17-8-4-6-10-19(17)30-21)29-22-25-16-7-3-5-9-18(16)26(22)11-12-28-2/h3-10,14,27H,11-12H2,1-2H3/b20-15+. The van der Waals surface area contributed by atoms with Crippen LogP contribution < -0.4 is 0 Å². The van der Waals surface area contributed by atoms with E-state index in [1.807, 2.05) is 55.5 Å². The number of aromatic nitrogens is 3. The molecule has 0 amide bonds. The van der Waals surface area contributed by atoms with Gasteiger partial charge in [-0.1, -0.05) is 36.0 Å². The van der Waals surface area contributed by atoms with Crippen molar-refractivity contribution in [1.82, 2.24) is 14.5 Å². The number of methoxy groups -OCH3 is 1. The fourth-order valence-electron chi connectivity index (χ4n) is 3.15. The molecule has 0 aliphatic heterocycles. The molecule has 1 unspecified atom stereocenters. The number of nitriles is 1. The van der Waals surface area contributed by atoms with Crippen molar-refractivity contribution < 1.29 is 9.84 Å². The van der Waals surface area contributed by atoms with Crippen LogP contribution >= 0.6 is 23.1 Å². The molecule has 4 aromatic rings. The number of hydrogen-bond donors (Lipinski definition) is 1. The van der Waals surface area contributed by atoms with Crippen LogP contribution in [-0.2, 0) is 11.3 Å². The Morgan fingerprint density at radius 3 is 2.67 bits per heavy atom. The summed E-state index contributed by atoms with van der Waals surface area (Å²) in [5.41, 5.74) is 2.92. The van der Waals surface area contributed by atoms with Gasteiger partial charge in [0, 0.05) is 13.7 Å². The Morgan fingerprint density at radius 2 is 1.93 bits per heavy atom. The van der Waals surface area contributed by atoms with Crippen molar-refractivity contribution in [2.45, 2.75) is 23.9 Å². The molecule has 0 bridgehead atoms. The number of thiazole rings is 1. The van der Waals surface area contributed by atoms with Crippen LogP contribution in [-0.4, -0.2) is 38.6 Å². The van der Waals surface area contributed by atoms with Gasteiger partial charge < -0.3 is 14.4 Å². The Kier molecular flexibility index (Phi) is 6.04. The molecule has 0 fully saturated rings. The van der Waals surface area contributed by atoms with E-state index >= 15 is 0 Å². The second-order valence-corrected chi connectivity index (χ2v) is 8.99. The summed E-state index contributed by atoms with van der Waals surface area (Å²) in [6, 6.07) is 17.7. The normalized spacial score (nSPS) is 13.4. The number of nitrogens with zero attached hydrogens (tertiary/aromatic N) is 4. The number of ether oxygens (including phenoxy) is 1. The molecular formula is C22H20N4O2S2. The van der Waals surface area contributed by atoms with Gasteiger partial charge in [-0.2, -0.15) is 5.26 Å². The van der Waals surface area contributed by atoms with Crippen molar-refractivity contribution in [2.24, 2.45) is 0 Å². The third kappa shape index (κ3) is 3.92. The highest BCUT2D eigenvalue weighted by molar-refractivity contribution is 8.00. The first kappa shape index (κ1) is 20.4. The Morgan fingerprint density at radius 1 is 1.20 bits per heavy atom. The molecule has 2 aromatic carbocycles. The molecule has 1 N–H and O–H groups in total. The maximum atomic E-state index is 10.9. The summed E-state index contributed by atoms with van der Waals surface area (Å²) in [7, 11) is 1.67. The van der Waals surface area contributed by atoms with Crippen molar-refractivity contribution in [1.29, 1.82) is 5.26 Å². The summed E-state index contributed by atoms with van der Waals surface area (Å²) < 4.78 is 8.31. The zero-order valence-corrected chi connectivity index (χ0v) is 18.2. The number of hydrogen-bond acceptors (Lipinski definition) is 7. The SMILES string of the molecule is COCCn1c(SC(C)/C(O)=C(/C#N)c2nc3ccccc3s2)nc2ccccc21. The van der Waals surface area contributed by atoms with E-state index in [9.17, 15) is 10.4 Å². The number of aliphatic hydroxyl groups is 1. The largest absolute Gasteiger partial charge is 0.510 e. The number of fused-ring (bicyclic) bond motifs is 2. The average molecular weight is 437 g/mol. The summed E-state index contributed by atoms with van der Waals surface area (Å²) in [6.45, 7) is 3.07. The molecule has 0 spiro atoms. The van der Waals surface area contributed by atoms with E-state index in [2.05, 4.69) is 15.6 Å². The van der Waals surface area contributed by atoms with Gasteiger partial charge in [-0.3, -0.25) is 0 Å². The Labute approximate surface area is 182 Å². The van der Waals surface area contributed by atoms with Crippen molar-refractivity contribution >= 4 is 49.9 Å². The summed E-state index contributed by atoms with van der Waals surface area (Å²) >= 11 is 2.82. The van der Waals surface area contributed by atoms with E-state index < -0.39 is 0 Å². The van der Waals surface area contributed by atoms with Crippen LogP contribution in [0.15, 0.2) is 59.4 Å². The quantitative estimate of drug-likeness (QED) is 0.241. The van der Waals surface area contributed by atoms with E-state index in [0.29, 0.717) is 18.2 Å². The van der Waals surface area contributed by atoms with Crippen molar-refractivity contribution in [3.63, 3.8) is 0 Å². The van der Waals surface area contributed by atoms with Gasteiger partial charge in [-0.25, -0.2) is 9.97 Å². The summed E-state index contributed by atoms with van der Waals surface area (Å²) in [6.07, 6.45) is 0. The molecule has 8 heteroatoms. The first-order chi connectivity index (χ1) is 14.6. The predicted molar refractivity (Wildman–Crippen MR) is 122 cm³/mol. The zero-order valence-electron chi connectivity index (χ0n) is 16.6. The maximum absolute atomic E-state index is 10.9. The molecular weight excluding hydrogens is 416 g/mol. The number of rotatable bonds is 7. The van der Waals surface area contributed by atoms with Crippen LogP contribution in [0.3, 0.4) is 0 Å². The van der Waals surface area contributed by atoms with Gasteiger partial charge in [-0.15, -0.1) is 11.3 Å². The predicted octanol–water partition coefficient (Wildman–Crippen LogP) is 5.27. The molecule has 2 heterocycles. The fourth-order valence-corrected chi connectivity index (χ4v) is 5.14. The van der Waals surface area contributed by atoms with Crippen LogP contribution in [0, 0.1) is 11.3 Å². The zero-order chi connectivity index (χ0) is 21.1. The molecule has 0 saturated carbocycles. The Balaban J connectivity index is 1.68. The minimum Gasteiger partial charge on any atom is -0.510 e. The first-order valence-corrected chi connectivity index (χ1v) is 11.1. The molecule has 4 rings (SSSR count). The van der Waals surface area contributed by atoms with E-state index in [0.717, 1.165) is 26.4 Å². The van der Waals surface area contributed by atoms with Gasteiger partial charge in [0.15, 0.2) is 5.16 Å². The average Bonchev–Trinajstić information content (AvgIpc) is 3.33. The van der Waals surface area contributed by atoms with Crippen molar-refractivity contribution in [3.05, 3.63) is 59.3 Å². The van der Waals surface area contributed by atoms with Gasteiger partial charge in [0.25, 0.3) is 0 Å². The highest BCUT2D eigenvalue weighted by atomic mass is 32.2. The van der Waals surface area contributed by atoms with Gasteiger partial charge in [0.05, 0.1) is 33.1 Å². The van der Waals surface area contributed by atoms with Crippen LogP contribution in [0.2, 0.25) is 0 Å². The van der Waals surface area contributed by atoms with Crippen LogP contribution in [0.5, 0.6) is 0 Å². The highest BCUT2D eigenvalue weighted by Gasteiger charge is 2.22. The van der Waals surface area contributed by atoms with Gasteiger partial charge in [0.1, 0.15) is 22.4 Å². The molecule has 1 atom stereocenters. The van der Waals surface area contributed by atoms with Crippen LogP contribution in [0.4, 0.5) is 0 Å². The third-order valence-electron chi connectivity index (χ3n) is 4.68. The highest BCUT2D eigenvalue weighted by Crippen LogP contribution is 2.34. The number of imidazole rings is 1. The number of allylic oxidation sites excluding steroid dienone is 1. The van der Waals surface area contributed by atoms with E-state index in [-0.39, 0.29) is 16.6 Å². The number of aliphatic hydroxyl groups excluding tert-OH is 1. The number of thioether (sulfide) groups is 1. The summed E-state index contributed by atoms with van der Waals surface area (Å²) in [4.78, 5) is 9.24. The maximum Gasteiger partial charge on any atom is 0.169 e. The Bertz CT molecular complexity index is 1240. The molecule has 0 aliphatic carbocycles. The Hall–Kier alpha value is -2.86. The molecule has 0 aliphatic rings. The van der Waals surface area contributed by atoms with E-state index in [1.165, 1.54) is 23.1 Å². The van der Waals surface area contributed by atoms with E-state index in [1.54, 1.807) is 7.11 Å². The second kappa shape index (κ2) is 8.88. The van der Waals surface area contributed by atoms with Crippen LogP contribution in [0.25, 0.3) is 26.8 Å². The fraction of sp³-hybridized carbons (Fsp3) is 0.227. The smallest absolute Gasteiger partial charge is 0.169 e. The topological polar surface area (TPSA) is 84.0 Å². The lowest BCUT2D eigenvalue weighted by atomic mass is 10.2. The lowest BCUT2D eigenvalue weighted by Gasteiger charge is -2.13. The van der Waals surface area contributed by atoms with E-state index in [4.69, 9.17) is 9.72 Å². The molecule has 152 valence electrons. The summed E-state index contributed by atoms with van der Waals surface area (Å²) in [5.74, 6) is 0.00639. The molecule has 6 nitrogen and oxygen atoms in total. The van der Waals surface area contributed by atoms with Crippen molar-refractivity contribution in [2.75, 3.05) is 13.7 Å². The minimum atomic E-state index is -0.371. The number of para-hydroxylation sites is 3. The lowest BCUT2D eigenvalue weighted by molar-refractivity contribution is 0.186.